The number of nitrogens with zero attached hydrogens (tertiary/aromatic N) is 4. The van der Waals surface area contributed by atoms with E-state index in [0.717, 1.165) is 42.5 Å². The number of piperazine rings is 1. The van der Waals surface area contributed by atoms with Crippen LogP contribution in [0.4, 0.5) is 5.82 Å². The van der Waals surface area contributed by atoms with Gasteiger partial charge in [-0.2, -0.15) is 0 Å². The van der Waals surface area contributed by atoms with Crippen molar-refractivity contribution < 1.29 is 0 Å². The van der Waals surface area contributed by atoms with E-state index in [1.54, 1.807) is 6.20 Å². The normalized spacial score (nSPS) is 33.9. The molecule has 3 fully saturated rings. The molecule has 3 unspecified atom stereocenters. The van der Waals surface area contributed by atoms with Crippen molar-refractivity contribution in [1.82, 2.24) is 14.9 Å². The fourth-order valence-electron chi connectivity index (χ4n) is 4.63. The number of fused-ring (bicyclic) bond motifs is 2. The Morgan fingerprint density at radius 2 is 1.80 bits per heavy atom. The summed E-state index contributed by atoms with van der Waals surface area (Å²) in [6.45, 7) is 6.67. The highest BCUT2D eigenvalue weighted by atomic mass is 15.3. The molecule has 4 rings (SSSR count). The molecular weight excluding hydrogens is 248 g/mol. The molecule has 1 saturated heterocycles. The van der Waals surface area contributed by atoms with Crippen LogP contribution in [0.2, 0.25) is 0 Å². The second kappa shape index (κ2) is 4.99. The highest BCUT2D eigenvalue weighted by Gasteiger charge is 2.42. The molecule has 0 amide bonds. The van der Waals surface area contributed by atoms with Gasteiger partial charge in [0.25, 0.3) is 0 Å². The standard InChI is InChI=1S/C16H24N4/c1-12-16(18-5-4-17-12)20-8-6-19(7-9-20)15-11-13-2-3-14(15)10-13/h4-5,13-15H,2-3,6-11H2,1H3. The summed E-state index contributed by atoms with van der Waals surface area (Å²) in [5.41, 5.74) is 1.06. The molecule has 2 aliphatic carbocycles. The van der Waals surface area contributed by atoms with E-state index in [1.165, 1.54) is 38.8 Å². The van der Waals surface area contributed by atoms with Crippen molar-refractivity contribution in [3.8, 4) is 0 Å². The van der Waals surface area contributed by atoms with Crippen LogP contribution in [-0.2, 0) is 0 Å². The molecule has 20 heavy (non-hydrogen) atoms. The first kappa shape index (κ1) is 12.6. The topological polar surface area (TPSA) is 32.3 Å². The van der Waals surface area contributed by atoms with Crippen molar-refractivity contribution >= 4 is 5.82 Å². The lowest BCUT2D eigenvalue weighted by atomic mass is 9.93. The van der Waals surface area contributed by atoms with Crippen LogP contribution < -0.4 is 4.90 Å². The first-order valence-corrected chi connectivity index (χ1v) is 8.08. The molecule has 2 heterocycles. The van der Waals surface area contributed by atoms with Crippen molar-refractivity contribution in [1.29, 1.82) is 0 Å². The van der Waals surface area contributed by atoms with Gasteiger partial charge in [0, 0.05) is 44.6 Å². The van der Waals surface area contributed by atoms with Crippen LogP contribution >= 0.6 is 0 Å². The summed E-state index contributed by atoms with van der Waals surface area (Å²) in [7, 11) is 0. The van der Waals surface area contributed by atoms with Gasteiger partial charge in [0.2, 0.25) is 0 Å². The van der Waals surface area contributed by atoms with E-state index in [4.69, 9.17) is 0 Å². The fraction of sp³-hybridized carbons (Fsp3) is 0.750. The highest BCUT2D eigenvalue weighted by Crippen LogP contribution is 2.46. The third-order valence-electron chi connectivity index (χ3n) is 5.64. The number of aryl methyl sites for hydroxylation is 1. The summed E-state index contributed by atoms with van der Waals surface area (Å²) in [5, 5.41) is 0. The zero-order valence-corrected chi connectivity index (χ0v) is 12.3. The third-order valence-corrected chi connectivity index (χ3v) is 5.64. The zero-order valence-electron chi connectivity index (χ0n) is 12.3. The molecule has 0 radical (unpaired) electrons. The Labute approximate surface area is 121 Å². The van der Waals surface area contributed by atoms with Crippen molar-refractivity contribution in [2.45, 2.75) is 38.6 Å². The third kappa shape index (κ3) is 2.10. The SMILES string of the molecule is Cc1nccnc1N1CCN(C2CC3CCC2C3)CC1. The Morgan fingerprint density at radius 1 is 1.00 bits per heavy atom. The van der Waals surface area contributed by atoms with Gasteiger partial charge in [-0.3, -0.25) is 9.88 Å². The lowest BCUT2D eigenvalue weighted by molar-refractivity contribution is 0.134. The second-order valence-electron chi connectivity index (χ2n) is 6.73. The average Bonchev–Trinajstić information content (AvgIpc) is 3.11. The molecule has 2 saturated carbocycles. The van der Waals surface area contributed by atoms with Crippen LogP contribution in [0.15, 0.2) is 12.4 Å². The van der Waals surface area contributed by atoms with E-state index in [-0.39, 0.29) is 0 Å². The van der Waals surface area contributed by atoms with Gasteiger partial charge in [-0.25, -0.2) is 4.98 Å². The van der Waals surface area contributed by atoms with E-state index in [9.17, 15) is 0 Å². The molecule has 0 aromatic carbocycles. The molecule has 2 bridgehead atoms. The van der Waals surface area contributed by atoms with Crippen LogP contribution in [0.25, 0.3) is 0 Å². The van der Waals surface area contributed by atoms with Crippen LogP contribution in [0, 0.1) is 18.8 Å². The molecule has 1 aromatic heterocycles. The maximum absolute atomic E-state index is 4.51. The number of rotatable bonds is 2. The van der Waals surface area contributed by atoms with Crippen LogP contribution in [0.1, 0.15) is 31.4 Å². The number of anilines is 1. The lowest BCUT2D eigenvalue weighted by Crippen LogP contribution is -2.52. The molecule has 1 aromatic rings. The van der Waals surface area contributed by atoms with E-state index < -0.39 is 0 Å². The second-order valence-corrected chi connectivity index (χ2v) is 6.73. The van der Waals surface area contributed by atoms with E-state index in [2.05, 4.69) is 26.7 Å². The first-order valence-electron chi connectivity index (χ1n) is 8.08. The van der Waals surface area contributed by atoms with E-state index >= 15 is 0 Å². The van der Waals surface area contributed by atoms with Gasteiger partial charge in [0.15, 0.2) is 0 Å². The quantitative estimate of drug-likeness (QED) is 0.825. The minimum Gasteiger partial charge on any atom is -0.353 e. The van der Waals surface area contributed by atoms with Gasteiger partial charge >= 0.3 is 0 Å². The monoisotopic (exact) mass is 272 g/mol. The van der Waals surface area contributed by atoms with Crippen LogP contribution in [-0.4, -0.2) is 47.1 Å². The van der Waals surface area contributed by atoms with Gasteiger partial charge in [0.05, 0.1) is 5.69 Å². The Kier molecular flexibility index (Phi) is 3.14. The molecule has 0 spiro atoms. The van der Waals surface area contributed by atoms with Gasteiger partial charge in [-0.15, -0.1) is 0 Å². The minimum atomic E-state index is 0.888. The van der Waals surface area contributed by atoms with E-state index in [1.807, 2.05) is 6.20 Å². The Bertz CT molecular complexity index is 481. The highest BCUT2D eigenvalue weighted by molar-refractivity contribution is 5.42. The zero-order chi connectivity index (χ0) is 13.5. The molecular formula is C16H24N4. The summed E-state index contributed by atoms with van der Waals surface area (Å²) in [5.74, 6) is 3.13. The Morgan fingerprint density at radius 3 is 2.45 bits per heavy atom. The van der Waals surface area contributed by atoms with E-state index in [0.29, 0.717) is 0 Å². The van der Waals surface area contributed by atoms with Crippen LogP contribution in [0.5, 0.6) is 0 Å². The molecule has 1 aliphatic heterocycles. The summed E-state index contributed by atoms with van der Waals surface area (Å²) in [6.07, 6.45) is 9.55. The average molecular weight is 272 g/mol. The smallest absolute Gasteiger partial charge is 0.150 e. The molecule has 3 aliphatic rings. The lowest BCUT2D eigenvalue weighted by Gasteiger charge is -2.41. The first-order chi connectivity index (χ1) is 9.81. The molecule has 4 nitrogen and oxygen atoms in total. The molecule has 0 N–H and O–H groups in total. The number of hydrogen-bond acceptors (Lipinski definition) is 4. The minimum absolute atomic E-state index is 0.888. The molecule has 108 valence electrons. The summed E-state index contributed by atoms with van der Waals surface area (Å²) in [4.78, 5) is 14.0. The largest absolute Gasteiger partial charge is 0.353 e. The number of hydrogen-bond donors (Lipinski definition) is 0. The predicted octanol–water partition coefficient (Wildman–Crippen LogP) is 2.10. The summed E-state index contributed by atoms with van der Waals surface area (Å²) in [6, 6.07) is 0.888. The van der Waals surface area contributed by atoms with Crippen molar-refractivity contribution in [2.75, 3.05) is 31.1 Å². The maximum Gasteiger partial charge on any atom is 0.150 e. The van der Waals surface area contributed by atoms with Gasteiger partial charge in [0.1, 0.15) is 5.82 Å². The summed E-state index contributed by atoms with van der Waals surface area (Å²) < 4.78 is 0. The fourth-order valence-corrected chi connectivity index (χ4v) is 4.63. The van der Waals surface area contributed by atoms with Crippen molar-refractivity contribution in [3.63, 3.8) is 0 Å². The maximum atomic E-state index is 4.51. The molecule has 3 atom stereocenters. The van der Waals surface area contributed by atoms with Gasteiger partial charge < -0.3 is 4.90 Å². The summed E-state index contributed by atoms with van der Waals surface area (Å²) >= 11 is 0. The van der Waals surface area contributed by atoms with Gasteiger partial charge in [-0.05, 0) is 38.0 Å². The van der Waals surface area contributed by atoms with Crippen molar-refractivity contribution in [2.24, 2.45) is 11.8 Å². The Balaban J connectivity index is 1.40. The van der Waals surface area contributed by atoms with Crippen molar-refractivity contribution in [3.05, 3.63) is 18.1 Å². The van der Waals surface area contributed by atoms with Crippen LogP contribution in [0.3, 0.4) is 0 Å². The molecule has 4 heteroatoms. The Hall–Kier alpha value is -1.16. The number of aromatic nitrogens is 2. The van der Waals surface area contributed by atoms with Gasteiger partial charge in [-0.1, -0.05) is 6.42 Å². The predicted molar refractivity (Wildman–Crippen MR) is 79.8 cm³/mol.